The first-order valence-electron chi connectivity index (χ1n) is 8.78. The number of hydrogen-bond donors (Lipinski definition) is 0. The highest BCUT2D eigenvalue weighted by molar-refractivity contribution is 6.27. The molecule has 0 saturated heterocycles. The zero-order chi connectivity index (χ0) is 18.8. The van der Waals surface area contributed by atoms with Crippen molar-refractivity contribution in [2.75, 3.05) is 13.0 Å². The SMILES string of the molecule is COc1ccc([C@@H]2CC(c3ccc4ccccc4c3)=NN2C(=O)CCl)cc1. The van der Waals surface area contributed by atoms with Gasteiger partial charge < -0.3 is 4.74 Å². The van der Waals surface area contributed by atoms with E-state index < -0.39 is 0 Å². The second-order valence-corrected chi connectivity index (χ2v) is 6.74. The number of fused-ring (bicyclic) bond motifs is 1. The summed E-state index contributed by atoms with van der Waals surface area (Å²) in [7, 11) is 1.63. The highest BCUT2D eigenvalue weighted by atomic mass is 35.5. The third-order valence-electron chi connectivity index (χ3n) is 4.86. The van der Waals surface area contributed by atoms with Crippen molar-refractivity contribution < 1.29 is 9.53 Å². The minimum Gasteiger partial charge on any atom is -0.497 e. The van der Waals surface area contributed by atoms with Gasteiger partial charge in [-0.1, -0.05) is 48.5 Å². The third kappa shape index (κ3) is 3.40. The molecule has 0 unspecified atom stereocenters. The van der Waals surface area contributed by atoms with Gasteiger partial charge in [0, 0.05) is 6.42 Å². The van der Waals surface area contributed by atoms with E-state index in [-0.39, 0.29) is 17.8 Å². The van der Waals surface area contributed by atoms with Crippen molar-refractivity contribution in [1.82, 2.24) is 5.01 Å². The Morgan fingerprint density at radius 3 is 2.56 bits per heavy atom. The maximum Gasteiger partial charge on any atom is 0.258 e. The highest BCUT2D eigenvalue weighted by Crippen LogP contribution is 2.34. The van der Waals surface area contributed by atoms with Crippen molar-refractivity contribution in [2.45, 2.75) is 12.5 Å². The minimum atomic E-state index is -0.201. The van der Waals surface area contributed by atoms with Gasteiger partial charge >= 0.3 is 0 Å². The van der Waals surface area contributed by atoms with Gasteiger partial charge in [-0.2, -0.15) is 5.10 Å². The summed E-state index contributed by atoms with van der Waals surface area (Å²) in [6.45, 7) is 0. The van der Waals surface area contributed by atoms with E-state index in [0.29, 0.717) is 6.42 Å². The lowest BCUT2D eigenvalue weighted by Crippen LogP contribution is -2.27. The van der Waals surface area contributed by atoms with Gasteiger partial charge in [0.2, 0.25) is 0 Å². The molecule has 3 aromatic carbocycles. The van der Waals surface area contributed by atoms with Crippen LogP contribution >= 0.6 is 11.6 Å². The quantitative estimate of drug-likeness (QED) is 0.614. The Hall–Kier alpha value is -2.85. The fourth-order valence-corrected chi connectivity index (χ4v) is 3.55. The van der Waals surface area contributed by atoms with Crippen molar-refractivity contribution in [3.05, 3.63) is 77.9 Å². The van der Waals surface area contributed by atoms with Crippen LogP contribution < -0.4 is 4.74 Å². The fraction of sp³-hybridized carbons (Fsp3) is 0.182. The summed E-state index contributed by atoms with van der Waals surface area (Å²) in [4.78, 5) is 12.4. The lowest BCUT2D eigenvalue weighted by molar-refractivity contribution is -0.130. The van der Waals surface area contributed by atoms with Gasteiger partial charge in [0.15, 0.2) is 0 Å². The molecule has 1 amide bonds. The maximum absolute atomic E-state index is 12.4. The van der Waals surface area contributed by atoms with Crippen LogP contribution in [0.5, 0.6) is 5.75 Å². The number of benzene rings is 3. The summed E-state index contributed by atoms with van der Waals surface area (Å²) >= 11 is 5.82. The molecule has 0 bridgehead atoms. The molecule has 4 nitrogen and oxygen atoms in total. The number of ether oxygens (including phenoxy) is 1. The molecule has 0 N–H and O–H groups in total. The van der Waals surface area contributed by atoms with Crippen molar-refractivity contribution >= 4 is 34.0 Å². The maximum atomic E-state index is 12.4. The van der Waals surface area contributed by atoms with E-state index in [1.165, 1.54) is 10.4 Å². The predicted octanol–water partition coefficient (Wildman–Crippen LogP) is 4.76. The Labute approximate surface area is 163 Å². The average Bonchev–Trinajstić information content (AvgIpc) is 3.18. The number of hydrazone groups is 1. The third-order valence-corrected chi connectivity index (χ3v) is 5.09. The summed E-state index contributed by atoms with van der Waals surface area (Å²) in [6.07, 6.45) is 0.646. The molecule has 1 aliphatic heterocycles. The molecular weight excluding hydrogens is 360 g/mol. The minimum absolute atomic E-state index is 0.0961. The number of rotatable bonds is 4. The summed E-state index contributed by atoms with van der Waals surface area (Å²) in [5, 5.41) is 8.47. The van der Waals surface area contributed by atoms with Gasteiger partial charge in [-0.15, -0.1) is 11.6 Å². The molecular formula is C22H19ClN2O2. The smallest absolute Gasteiger partial charge is 0.258 e. The number of hydrogen-bond acceptors (Lipinski definition) is 3. The van der Waals surface area contributed by atoms with Crippen molar-refractivity contribution in [3.63, 3.8) is 0 Å². The normalized spacial score (nSPS) is 16.4. The summed E-state index contributed by atoms with van der Waals surface area (Å²) < 4.78 is 5.23. The van der Waals surface area contributed by atoms with Gasteiger partial charge in [0.05, 0.1) is 18.9 Å². The lowest BCUT2D eigenvalue weighted by Gasteiger charge is -2.21. The summed E-state index contributed by atoms with van der Waals surface area (Å²) in [6, 6.07) is 22.0. The number of carbonyl (C=O) groups excluding carboxylic acids is 1. The van der Waals surface area contributed by atoms with Gasteiger partial charge in [0.25, 0.3) is 5.91 Å². The first-order valence-corrected chi connectivity index (χ1v) is 9.31. The molecule has 0 aliphatic carbocycles. The average molecular weight is 379 g/mol. The van der Waals surface area contributed by atoms with Crippen LogP contribution in [-0.4, -0.2) is 29.6 Å². The molecule has 1 aliphatic rings. The summed E-state index contributed by atoms with van der Waals surface area (Å²) in [5.74, 6) is 0.483. The van der Waals surface area contributed by atoms with E-state index in [1.54, 1.807) is 7.11 Å². The molecule has 0 spiro atoms. The predicted molar refractivity (Wildman–Crippen MR) is 108 cm³/mol. The topological polar surface area (TPSA) is 41.9 Å². The molecule has 136 valence electrons. The second kappa shape index (κ2) is 7.41. The number of amides is 1. The molecule has 3 aromatic rings. The molecule has 1 atom stereocenters. The van der Waals surface area contributed by atoms with E-state index >= 15 is 0 Å². The van der Waals surface area contributed by atoms with Gasteiger partial charge in [-0.3, -0.25) is 4.79 Å². The van der Waals surface area contributed by atoms with E-state index in [0.717, 1.165) is 28.0 Å². The standard InChI is InChI=1S/C22H19ClN2O2/c1-27-19-10-8-16(9-11-19)21-13-20(24-25(21)22(26)14-23)18-7-6-15-4-2-3-5-17(15)12-18/h2-12,21H,13-14H2,1H3/t21-/m0/s1. The van der Waals surface area contributed by atoms with Crippen LogP contribution in [0.4, 0.5) is 0 Å². The molecule has 5 heteroatoms. The largest absolute Gasteiger partial charge is 0.497 e. The van der Waals surface area contributed by atoms with Gasteiger partial charge in [0.1, 0.15) is 11.6 Å². The Balaban J connectivity index is 1.69. The lowest BCUT2D eigenvalue weighted by atomic mass is 9.97. The molecule has 4 rings (SSSR count). The first kappa shape index (κ1) is 17.6. The van der Waals surface area contributed by atoms with Crippen LogP contribution in [0.3, 0.4) is 0 Å². The Bertz CT molecular complexity index is 1010. The molecule has 27 heavy (non-hydrogen) atoms. The van der Waals surface area contributed by atoms with Crippen LogP contribution in [0.1, 0.15) is 23.6 Å². The van der Waals surface area contributed by atoms with Crippen molar-refractivity contribution in [1.29, 1.82) is 0 Å². The molecule has 0 saturated carbocycles. The van der Waals surface area contributed by atoms with E-state index in [9.17, 15) is 4.79 Å². The van der Waals surface area contributed by atoms with E-state index in [1.807, 2.05) is 36.4 Å². The zero-order valence-corrected chi connectivity index (χ0v) is 15.7. The summed E-state index contributed by atoms with van der Waals surface area (Å²) in [5.41, 5.74) is 2.92. The molecule has 0 aromatic heterocycles. The zero-order valence-electron chi connectivity index (χ0n) is 14.9. The first-order chi connectivity index (χ1) is 13.2. The van der Waals surface area contributed by atoms with E-state index in [4.69, 9.17) is 16.3 Å². The van der Waals surface area contributed by atoms with Crippen LogP contribution in [-0.2, 0) is 4.79 Å². The number of halogens is 1. The van der Waals surface area contributed by atoms with E-state index in [2.05, 4.69) is 35.4 Å². The van der Waals surface area contributed by atoms with Crippen LogP contribution in [0, 0.1) is 0 Å². The van der Waals surface area contributed by atoms with Gasteiger partial charge in [-0.25, -0.2) is 5.01 Å². The Kier molecular flexibility index (Phi) is 4.82. The molecule has 0 fully saturated rings. The number of methoxy groups -OCH3 is 1. The van der Waals surface area contributed by atoms with Crippen molar-refractivity contribution in [3.8, 4) is 5.75 Å². The van der Waals surface area contributed by atoms with Crippen LogP contribution in [0.15, 0.2) is 71.8 Å². The highest BCUT2D eigenvalue weighted by Gasteiger charge is 2.32. The van der Waals surface area contributed by atoms with Crippen molar-refractivity contribution in [2.24, 2.45) is 5.10 Å². The molecule has 1 heterocycles. The van der Waals surface area contributed by atoms with Crippen LogP contribution in [0.2, 0.25) is 0 Å². The van der Waals surface area contributed by atoms with Gasteiger partial charge in [-0.05, 0) is 40.1 Å². The number of nitrogens with zero attached hydrogens (tertiary/aromatic N) is 2. The van der Waals surface area contributed by atoms with Crippen LogP contribution in [0.25, 0.3) is 10.8 Å². The second-order valence-electron chi connectivity index (χ2n) is 6.47. The number of alkyl halides is 1. The monoisotopic (exact) mass is 378 g/mol. The Morgan fingerprint density at radius 1 is 1.11 bits per heavy atom. The molecule has 0 radical (unpaired) electrons. The fourth-order valence-electron chi connectivity index (χ4n) is 3.43. The number of carbonyl (C=O) groups is 1. The Morgan fingerprint density at radius 2 is 1.85 bits per heavy atom.